The van der Waals surface area contributed by atoms with Crippen molar-refractivity contribution < 1.29 is 9.13 Å². The molecule has 1 aliphatic heterocycles. The van der Waals surface area contributed by atoms with Crippen LogP contribution in [0.2, 0.25) is 0 Å². The molecular formula is C12H15FN2OS. The number of nitrogens with zero attached hydrogens (tertiary/aromatic N) is 1. The van der Waals surface area contributed by atoms with Gasteiger partial charge in [0.05, 0.1) is 18.2 Å². The Morgan fingerprint density at radius 2 is 2.35 bits per heavy atom. The van der Waals surface area contributed by atoms with Gasteiger partial charge < -0.3 is 15.4 Å². The van der Waals surface area contributed by atoms with Gasteiger partial charge in [0.2, 0.25) is 0 Å². The van der Waals surface area contributed by atoms with Gasteiger partial charge in [0, 0.05) is 19.3 Å². The summed E-state index contributed by atoms with van der Waals surface area (Å²) in [4.78, 5) is 2.08. The highest BCUT2D eigenvalue weighted by Gasteiger charge is 2.23. The number of halogens is 1. The fourth-order valence-corrected chi connectivity index (χ4v) is 2.28. The first-order valence-electron chi connectivity index (χ1n) is 5.50. The summed E-state index contributed by atoms with van der Waals surface area (Å²) in [5.74, 6) is -0.374. The zero-order valence-electron chi connectivity index (χ0n) is 9.65. The molecule has 0 aliphatic carbocycles. The molecule has 1 aliphatic rings. The Morgan fingerprint density at radius 3 is 2.94 bits per heavy atom. The van der Waals surface area contributed by atoms with Gasteiger partial charge in [-0.1, -0.05) is 18.3 Å². The fourth-order valence-electron chi connectivity index (χ4n) is 2.07. The van der Waals surface area contributed by atoms with Gasteiger partial charge in [-0.05, 0) is 18.6 Å². The number of benzene rings is 1. The molecule has 1 aromatic carbocycles. The minimum atomic E-state index is -0.374. The third-order valence-corrected chi connectivity index (χ3v) is 3.28. The third kappa shape index (κ3) is 2.40. The van der Waals surface area contributed by atoms with Crippen molar-refractivity contribution in [1.29, 1.82) is 0 Å². The van der Waals surface area contributed by atoms with E-state index in [1.165, 1.54) is 6.07 Å². The lowest BCUT2D eigenvalue weighted by atomic mass is 10.1. The predicted octanol–water partition coefficient (Wildman–Crippen LogP) is 1.69. The second kappa shape index (κ2) is 4.98. The first-order chi connectivity index (χ1) is 8.11. The van der Waals surface area contributed by atoms with Crippen LogP contribution in [0, 0.1) is 5.82 Å². The maximum atomic E-state index is 13.7. The zero-order valence-corrected chi connectivity index (χ0v) is 10.5. The van der Waals surface area contributed by atoms with E-state index in [0.29, 0.717) is 12.2 Å². The second-order valence-corrected chi connectivity index (χ2v) is 4.57. The van der Waals surface area contributed by atoms with Gasteiger partial charge in [0.1, 0.15) is 10.8 Å². The van der Waals surface area contributed by atoms with Crippen LogP contribution in [-0.2, 0) is 4.74 Å². The van der Waals surface area contributed by atoms with Crippen LogP contribution in [0.4, 0.5) is 10.1 Å². The molecule has 3 nitrogen and oxygen atoms in total. The molecule has 1 atom stereocenters. The largest absolute Gasteiger partial charge is 0.389 e. The average molecular weight is 254 g/mol. The summed E-state index contributed by atoms with van der Waals surface area (Å²) < 4.78 is 19.1. The maximum absolute atomic E-state index is 13.7. The SMILES string of the molecule is CN(c1cccc(F)c1C(N)=S)C1CCOC1. The molecule has 1 unspecified atom stereocenters. The van der Waals surface area contributed by atoms with Crippen molar-refractivity contribution in [3.05, 3.63) is 29.6 Å². The molecule has 92 valence electrons. The van der Waals surface area contributed by atoms with E-state index in [-0.39, 0.29) is 16.8 Å². The number of likely N-dealkylation sites (N-methyl/N-ethyl adjacent to an activating group) is 1. The molecule has 2 rings (SSSR count). The van der Waals surface area contributed by atoms with Gasteiger partial charge in [0.15, 0.2) is 0 Å². The van der Waals surface area contributed by atoms with E-state index in [4.69, 9.17) is 22.7 Å². The molecule has 2 N–H and O–H groups in total. The van der Waals surface area contributed by atoms with Gasteiger partial charge in [0.25, 0.3) is 0 Å². The number of hydrogen-bond acceptors (Lipinski definition) is 3. The quantitative estimate of drug-likeness (QED) is 0.833. The Labute approximate surface area is 105 Å². The van der Waals surface area contributed by atoms with Gasteiger partial charge >= 0.3 is 0 Å². The zero-order chi connectivity index (χ0) is 12.4. The van der Waals surface area contributed by atoms with Gasteiger partial charge in [-0.3, -0.25) is 0 Å². The first-order valence-corrected chi connectivity index (χ1v) is 5.91. The highest BCUT2D eigenvalue weighted by atomic mass is 32.1. The highest BCUT2D eigenvalue weighted by Crippen LogP contribution is 2.26. The number of anilines is 1. The standard InChI is InChI=1S/C12H15FN2OS/c1-15(8-5-6-16-7-8)10-4-2-3-9(13)11(10)12(14)17/h2-4,8H,5-7H2,1H3,(H2,14,17). The Balaban J connectivity index is 2.36. The topological polar surface area (TPSA) is 38.5 Å². The van der Waals surface area contributed by atoms with Crippen molar-refractivity contribution in [1.82, 2.24) is 0 Å². The van der Waals surface area contributed by atoms with Crippen LogP contribution < -0.4 is 10.6 Å². The van der Waals surface area contributed by atoms with E-state index in [2.05, 4.69) is 0 Å². The van der Waals surface area contributed by atoms with Crippen molar-refractivity contribution in [2.45, 2.75) is 12.5 Å². The summed E-state index contributed by atoms with van der Waals surface area (Å²) in [6.45, 7) is 1.40. The van der Waals surface area contributed by atoms with Crippen molar-refractivity contribution in [3.8, 4) is 0 Å². The number of ether oxygens (including phenoxy) is 1. The number of hydrogen-bond donors (Lipinski definition) is 1. The van der Waals surface area contributed by atoms with E-state index in [1.807, 2.05) is 18.0 Å². The Bertz CT molecular complexity index is 433. The van der Waals surface area contributed by atoms with Crippen LogP contribution in [0.3, 0.4) is 0 Å². The lowest BCUT2D eigenvalue weighted by molar-refractivity contribution is 0.193. The lowest BCUT2D eigenvalue weighted by Gasteiger charge is -2.27. The molecule has 1 aromatic rings. The summed E-state index contributed by atoms with van der Waals surface area (Å²) in [5, 5.41) is 0. The summed E-state index contributed by atoms with van der Waals surface area (Å²) in [5.41, 5.74) is 6.63. The van der Waals surface area contributed by atoms with Crippen molar-refractivity contribution in [2.24, 2.45) is 5.73 Å². The predicted molar refractivity (Wildman–Crippen MR) is 69.9 cm³/mol. The molecule has 0 bridgehead atoms. The molecule has 0 aromatic heterocycles. The Hall–Kier alpha value is -1.20. The Kier molecular flexibility index (Phi) is 3.59. The van der Waals surface area contributed by atoms with E-state index >= 15 is 0 Å². The van der Waals surface area contributed by atoms with E-state index < -0.39 is 0 Å². The fraction of sp³-hybridized carbons (Fsp3) is 0.417. The summed E-state index contributed by atoms with van der Waals surface area (Å²) >= 11 is 4.91. The van der Waals surface area contributed by atoms with Crippen molar-refractivity contribution in [2.75, 3.05) is 25.2 Å². The van der Waals surface area contributed by atoms with Gasteiger partial charge in [-0.2, -0.15) is 0 Å². The summed E-state index contributed by atoms with van der Waals surface area (Å²) in [6.07, 6.45) is 0.934. The van der Waals surface area contributed by atoms with E-state index in [9.17, 15) is 4.39 Å². The second-order valence-electron chi connectivity index (χ2n) is 4.13. The van der Waals surface area contributed by atoms with Crippen LogP contribution in [-0.4, -0.2) is 31.3 Å². The number of rotatable bonds is 3. The monoisotopic (exact) mass is 254 g/mol. The normalized spacial score (nSPS) is 19.3. The van der Waals surface area contributed by atoms with Gasteiger partial charge in [-0.25, -0.2) is 4.39 Å². The molecule has 1 fully saturated rings. The number of thiocarbonyl (C=S) groups is 1. The molecule has 0 amide bonds. The molecule has 0 saturated carbocycles. The minimum Gasteiger partial charge on any atom is -0.389 e. The maximum Gasteiger partial charge on any atom is 0.135 e. The average Bonchev–Trinajstić information content (AvgIpc) is 2.80. The van der Waals surface area contributed by atoms with Crippen molar-refractivity contribution in [3.63, 3.8) is 0 Å². The third-order valence-electron chi connectivity index (χ3n) is 3.07. The molecule has 0 radical (unpaired) electrons. The lowest BCUT2D eigenvalue weighted by Crippen LogP contribution is -2.33. The number of nitrogens with two attached hydrogens (primary N) is 1. The van der Waals surface area contributed by atoms with Crippen LogP contribution in [0.15, 0.2) is 18.2 Å². The Morgan fingerprint density at radius 1 is 1.59 bits per heavy atom. The van der Waals surface area contributed by atoms with Crippen LogP contribution >= 0.6 is 12.2 Å². The van der Waals surface area contributed by atoms with E-state index in [0.717, 1.165) is 18.7 Å². The summed E-state index contributed by atoms with van der Waals surface area (Å²) in [7, 11) is 1.91. The minimum absolute atomic E-state index is 0.0869. The molecule has 5 heteroatoms. The highest BCUT2D eigenvalue weighted by molar-refractivity contribution is 7.80. The molecule has 17 heavy (non-hydrogen) atoms. The molecule has 1 saturated heterocycles. The van der Waals surface area contributed by atoms with Gasteiger partial charge in [-0.15, -0.1) is 0 Å². The molecule has 1 heterocycles. The molecule has 0 spiro atoms. The smallest absolute Gasteiger partial charge is 0.135 e. The van der Waals surface area contributed by atoms with Crippen molar-refractivity contribution >= 4 is 22.9 Å². The van der Waals surface area contributed by atoms with Crippen LogP contribution in [0.1, 0.15) is 12.0 Å². The van der Waals surface area contributed by atoms with Crippen LogP contribution in [0.5, 0.6) is 0 Å². The van der Waals surface area contributed by atoms with Crippen LogP contribution in [0.25, 0.3) is 0 Å². The summed E-state index contributed by atoms with van der Waals surface area (Å²) in [6, 6.07) is 5.12. The molecular weight excluding hydrogens is 239 g/mol. The van der Waals surface area contributed by atoms with E-state index in [1.54, 1.807) is 6.07 Å². The first kappa shape index (κ1) is 12.3.